The first kappa shape index (κ1) is 17.9. The molecule has 6 nitrogen and oxygen atoms in total. The minimum absolute atomic E-state index is 0.0414. The number of urea groups is 1. The lowest BCUT2D eigenvalue weighted by Gasteiger charge is -2.35. The Balaban J connectivity index is 1.61. The zero-order valence-electron chi connectivity index (χ0n) is 14.8. The van der Waals surface area contributed by atoms with Gasteiger partial charge in [-0.15, -0.1) is 11.3 Å². The van der Waals surface area contributed by atoms with E-state index in [-0.39, 0.29) is 30.4 Å². The molecule has 1 spiro atoms. The predicted octanol–water partition coefficient (Wildman–Crippen LogP) is 2.39. The molecule has 136 valence electrons. The van der Waals surface area contributed by atoms with E-state index in [0.717, 1.165) is 30.6 Å². The van der Waals surface area contributed by atoms with Crippen molar-refractivity contribution in [2.24, 2.45) is 0 Å². The highest BCUT2D eigenvalue weighted by atomic mass is 32.1. The van der Waals surface area contributed by atoms with Crippen molar-refractivity contribution in [1.29, 1.82) is 0 Å². The van der Waals surface area contributed by atoms with Gasteiger partial charge in [0.15, 0.2) is 0 Å². The fourth-order valence-electron chi connectivity index (χ4n) is 3.92. The Morgan fingerprint density at radius 2 is 2.04 bits per heavy atom. The number of amides is 4. The fourth-order valence-corrected chi connectivity index (χ4v) is 4.75. The standard InChI is InChI=1S/C18H25N3O3S/c1-13(11-14-7-6-10-25-14)19-15(22)12-21-16(23)18(20(2)17(21)24)8-4-3-5-9-18/h6-7,10,13H,3-5,8-9,11-12H2,1-2H3,(H,19,22). The van der Waals surface area contributed by atoms with Gasteiger partial charge in [-0.1, -0.05) is 25.3 Å². The first-order valence-corrected chi connectivity index (χ1v) is 9.73. The summed E-state index contributed by atoms with van der Waals surface area (Å²) in [6.07, 6.45) is 5.12. The molecule has 4 amide bonds. The summed E-state index contributed by atoms with van der Waals surface area (Å²) in [6, 6.07) is 3.62. The van der Waals surface area contributed by atoms with Crippen molar-refractivity contribution < 1.29 is 14.4 Å². The quantitative estimate of drug-likeness (QED) is 0.817. The maximum atomic E-state index is 12.9. The molecular formula is C18H25N3O3S. The average molecular weight is 363 g/mol. The van der Waals surface area contributed by atoms with Crippen molar-refractivity contribution in [2.75, 3.05) is 13.6 Å². The van der Waals surface area contributed by atoms with Gasteiger partial charge in [0.1, 0.15) is 12.1 Å². The lowest BCUT2D eigenvalue weighted by molar-refractivity contribution is -0.137. The SMILES string of the molecule is CC(Cc1cccs1)NC(=O)CN1C(=O)N(C)C2(CCCCC2)C1=O. The Labute approximate surface area is 152 Å². The topological polar surface area (TPSA) is 69.7 Å². The number of nitrogens with one attached hydrogen (secondary N) is 1. The van der Waals surface area contributed by atoms with Gasteiger partial charge in [-0.3, -0.25) is 14.5 Å². The van der Waals surface area contributed by atoms with Crippen LogP contribution in [0.25, 0.3) is 0 Å². The van der Waals surface area contributed by atoms with Crippen LogP contribution in [-0.4, -0.2) is 52.8 Å². The van der Waals surface area contributed by atoms with Gasteiger partial charge in [0.05, 0.1) is 0 Å². The molecular weight excluding hydrogens is 338 g/mol. The maximum Gasteiger partial charge on any atom is 0.327 e. The normalized spacial score (nSPS) is 21.0. The van der Waals surface area contributed by atoms with Crippen LogP contribution >= 0.6 is 11.3 Å². The molecule has 1 aliphatic heterocycles. The van der Waals surface area contributed by atoms with E-state index in [9.17, 15) is 14.4 Å². The van der Waals surface area contributed by atoms with Gasteiger partial charge in [0, 0.05) is 24.4 Å². The third-order valence-corrected chi connectivity index (χ3v) is 6.18. The fraction of sp³-hybridized carbons (Fsp3) is 0.611. The molecule has 3 rings (SSSR count). The molecule has 1 aromatic rings. The molecule has 25 heavy (non-hydrogen) atoms. The van der Waals surface area contributed by atoms with Crippen LogP contribution in [0.3, 0.4) is 0 Å². The van der Waals surface area contributed by atoms with Crippen LogP contribution in [0, 0.1) is 0 Å². The number of imide groups is 1. The molecule has 0 radical (unpaired) electrons. The van der Waals surface area contributed by atoms with Gasteiger partial charge in [-0.05, 0) is 31.2 Å². The van der Waals surface area contributed by atoms with E-state index in [1.54, 1.807) is 23.3 Å². The summed E-state index contributed by atoms with van der Waals surface area (Å²) in [7, 11) is 1.68. The summed E-state index contributed by atoms with van der Waals surface area (Å²) in [5, 5.41) is 4.90. The highest BCUT2D eigenvalue weighted by molar-refractivity contribution is 7.09. The van der Waals surface area contributed by atoms with Crippen molar-refractivity contribution in [2.45, 2.75) is 57.0 Å². The van der Waals surface area contributed by atoms with Crippen molar-refractivity contribution >= 4 is 29.2 Å². The Kier molecular flexibility index (Phi) is 5.13. The summed E-state index contributed by atoms with van der Waals surface area (Å²) in [6.45, 7) is 1.73. The van der Waals surface area contributed by atoms with Crippen molar-refractivity contribution in [3.8, 4) is 0 Å². The van der Waals surface area contributed by atoms with E-state index in [1.165, 1.54) is 4.88 Å². The van der Waals surface area contributed by atoms with Crippen molar-refractivity contribution in [3.63, 3.8) is 0 Å². The van der Waals surface area contributed by atoms with Crippen LogP contribution in [0.5, 0.6) is 0 Å². The van der Waals surface area contributed by atoms with Crippen LogP contribution in [0.4, 0.5) is 4.79 Å². The first-order chi connectivity index (χ1) is 11.9. The van der Waals surface area contributed by atoms with Gasteiger partial charge in [-0.25, -0.2) is 4.79 Å². The van der Waals surface area contributed by atoms with E-state index in [1.807, 2.05) is 24.4 Å². The van der Waals surface area contributed by atoms with E-state index in [4.69, 9.17) is 0 Å². The Hall–Kier alpha value is -1.89. The number of carbonyl (C=O) groups is 3. The molecule has 1 saturated carbocycles. The Bertz CT molecular complexity index is 653. The summed E-state index contributed by atoms with van der Waals surface area (Å²) >= 11 is 1.65. The molecule has 2 aliphatic rings. The molecule has 2 heterocycles. The van der Waals surface area contributed by atoms with E-state index >= 15 is 0 Å². The maximum absolute atomic E-state index is 12.9. The third-order valence-electron chi connectivity index (χ3n) is 5.28. The van der Waals surface area contributed by atoms with E-state index < -0.39 is 5.54 Å². The van der Waals surface area contributed by atoms with Gasteiger partial charge >= 0.3 is 6.03 Å². The highest BCUT2D eigenvalue weighted by Crippen LogP contribution is 2.39. The molecule has 0 bridgehead atoms. The highest BCUT2D eigenvalue weighted by Gasteiger charge is 2.55. The van der Waals surface area contributed by atoms with Crippen LogP contribution in [0.2, 0.25) is 0 Å². The second-order valence-corrected chi connectivity index (χ2v) is 8.11. The van der Waals surface area contributed by atoms with Crippen molar-refractivity contribution in [3.05, 3.63) is 22.4 Å². The van der Waals surface area contributed by atoms with E-state index in [0.29, 0.717) is 12.8 Å². The van der Waals surface area contributed by atoms with Gasteiger partial charge in [0.25, 0.3) is 5.91 Å². The van der Waals surface area contributed by atoms with Crippen LogP contribution in [0.15, 0.2) is 17.5 Å². The minimum atomic E-state index is -0.724. The predicted molar refractivity (Wildman–Crippen MR) is 96.3 cm³/mol. The second-order valence-electron chi connectivity index (χ2n) is 7.08. The Morgan fingerprint density at radius 1 is 1.32 bits per heavy atom. The number of likely N-dealkylation sites (N-methyl/N-ethyl adjacent to an activating group) is 1. The van der Waals surface area contributed by atoms with Gasteiger partial charge in [0.2, 0.25) is 5.91 Å². The number of rotatable bonds is 5. The van der Waals surface area contributed by atoms with Crippen LogP contribution in [-0.2, 0) is 16.0 Å². The number of carbonyl (C=O) groups excluding carboxylic acids is 3. The molecule has 1 aliphatic carbocycles. The smallest absolute Gasteiger partial charge is 0.327 e. The summed E-state index contributed by atoms with van der Waals surface area (Å²) < 4.78 is 0. The van der Waals surface area contributed by atoms with Crippen LogP contribution in [0.1, 0.15) is 43.9 Å². The molecule has 1 N–H and O–H groups in total. The van der Waals surface area contributed by atoms with Crippen molar-refractivity contribution in [1.82, 2.24) is 15.1 Å². The summed E-state index contributed by atoms with van der Waals surface area (Å²) in [5.74, 6) is -0.493. The minimum Gasteiger partial charge on any atom is -0.352 e. The molecule has 1 saturated heterocycles. The number of hydrogen-bond acceptors (Lipinski definition) is 4. The van der Waals surface area contributed by atoms with Gasteiger partial charge < -0.3 is 10.2 Å². The molecule has 1 aromatic heterocycles. The molecule has 1 unspecified atom stereocenters. The number of nitrogens with zero attached hydrogens (tertiary/aromatic N) is 2. The molecule has 0 aromatic carbocycles. The van der Waals surface area contributed by atoms with Gasteiger partial charge in [-0.2, -0.15) is 0 Å². The third kappa shape index (κ3) is 3.42. The lowest BCUT2D eigenvalue weighted by Crippen LogP contribution is -2.49. The summed E-state index contributed by atoms with van der Waals surface area (Å²) in [4.78, 5) is 41.6. The molecule has 7 heteroatoms. The second kappa shape index (κ2) is 7.15. The molecule has 2 fully saturated rings. The molecule has 1 atom stereocenters. The van der Waals surface area contributed by atoms with E-state index in [2.05, 4.69) is 5.32 Å². The largest absolute Gasteiger partial charge is 0.352 e. The first-order valence-electron chi connectivity index (χ1n) is 8.85. The lowest BCUT2D eigenvalue weighted by atomic mass is 9.81. The zero-order valence-corrected chi connectivity index (χ0v) is 15.6. The zero-order chi connectivity index (χ0) is 18.0. The summed E-state index contributed by atoms with van der Waals surface area (Å²) in [5.41, 5.74) is -0.724. The Morgan fingerprint density at radius 3 is 2.68 bits per heavy atom. The number of hydrogen-bond donors (Lipinski definition) is 1. The number of thiophene rings is 1. The monoisotopic (exact) mass is 363 g/mol. The average Bonchev–Trinajstić information content (AvgIpc) is 3.15. The van der Waals surface area contributed by atoms with Crippen LogP contribution < -0.4 is 5.32 Å².